The monoisotopic (exact) mass is 361 g/mol. The summed E-state index contributed by atoms with van der Waals surface area (Å²) in [5, 5.41) is 3.06. The van der Waals surface area contributed by atoms with Crippen molar-refractivity contribution in [3.8, 4) is 11.3 Å². The van der Waals surface area contributed by atoms with Crippen LogP contribution < -0.4 is 11.1 Å². The molecule has 3 rings (SSSR count). The first-order chi connectivity index (χ1) is 12.4. The maximum absolute atomic E-state index is 14.2. The van der Waals surface area contributed by atoms with Gasteiger partial charge in [0.25, 0.3) is 0 Å². The molecule has 1 heterocycles. The van der Waals surface area contributed by atoms with Gasteiger partial charge in [-0.1, -0.05) is 0 Å². The number of hydrogen-bond donors (Lipinski definition) is 3. The first kappa shape index (κ1) is 18.0. The minimum Gasteiger partial charge on any atom is -0.354 e. The average molecular weight is 361 g/mol. The van der Waals surface area contributed by atoms with E-state index in [0.717, 1.165) is 6.07 Å². The van der Waals surface area contributed by atoms with Crippen LogP contribution in [0.2, 0.25) is 0 Å². The molecule has 0 bridgehead atoms. The zero-order chi connectivity index (χ0) is 18.8. The van der Waals surface area contributed by atoms with Gasteiger partial charge in [-0.2, -0.15) is 0 Å². The van der Waals surface area contributed by atoms with Gasteiger partial charge in [0.2, 0.25) is 5.91 Å². The second-order valence-corrected chi connectivity index (χ2v) is 6.13. The highest BCUT2D eigenvalue weighted by atomic mass is 19.1. The van der Waals surface area contributed by atoms with Crippen molar-refractivity contribution < 1.29 is 18.0 Å². The first-order valence-corrected chi connectivity index (χ1v) is 8.15. The van der Waals surface area contributed by atoms with Gasteiger partial charge in [0.05, 0.1) is 11.6 Å². The highest BCUT2D eigenvalue weighted by Gasteiger charge is 2.17. The number of aromatic nitrogens is 1. The highest BCUT2D eigenvalue weighted by molar-refractivity contribution is 5.91. The van der Waals surface area contributed by atoms with Gasteiger partial charge in [-0.3, -0.25) is 4.79 Å². The Hall–Kier alpha value is -2.80. The minimum absolute atomic E-state index is 0.166. The topological polar surface area (TPSA) is 70.9 Å². The summed E-state index contributed by atoms with van der Waals surface area (Å²) in [6, 6.07) is 7.08. The molecule has 1 atom stereocenters. The van der Waals surface area contributed by atoms with Crippen LogP contribution in [0.15, 0.2) is 36.4 Å². The average Bonchev–Trinajstić information content (AvgIpc) is 2.94. The zero-order valence-corrected chi connectivity index (χ0v) is 14.1. The summed E-state index contributed by atoms with van der Waals surface area (Å²) in [4.78, 5) is 14.6. The first-order valence-electron chi connectivity index (χ1n) is 8.15. The molecular weight excluding hydrogens is 343 g/mol. The van der Waals surface area contributed by atoms with Crippen molar-refractivity contribution in [3.63, 3.8) is 0 Å². The van der Waals surface area contributed by atoms with Crippen LogP contribution in [0.5, 0.6) is 0 Å². The molecule has 0 spiro atoms. The molecule has 2 aromatic carbocycles. The number of H-pyrrole nitrogens is 1. The van der Waals surface area contributed by atoms with E-state index in [1.54, 1.807) is 19.1 Å². The van der Waals surface area contributed by atoms with Gasteiger partial charge in [-0.05, 0) is 54.8 Å². The normalized spacial score (nSPS) is 12.3. The van der Waals surface area contributed by atoms with Crippen LogP contribution >= 0.6 is 0 Å². The summed E-state index contributed by atoms with van der Waals surface area (Å²) in [6.07, 6.45) is 0.327. The number of hydrogen-bond acceptors (Lipinski definition) is 2. The molecule has 3 aromatic rings. The Bertz CT molecular complexity index is 949. The number of nitrogens with one attached hydrogen (secondary N) is 2. The predicted octanol–water partition coefficient (Wildman–Crippen LogP) is 3.26. The van der Waals surface area contributed by atoms with E-state index in [1.165, 1.54) is 18.2 Å². The van der Waals surface area contributed by atoms with Crippen LogP contribution in [-0.4, -0.2) is 23.5 Å². The Morgan fingerprint density at radius 3 is 2.50 bits per heavy atom. The lowest BCUT2D eigenvalue weighted by atomic mass is 10.0. The molecule has 26 heavy (non-hydrogen) atoms. The number of nitrogens with two attached hydrogens (primary N) is 1. The Balaban J connectivity index is 2.03. The third-order valence-electron chi connectivity index (χ3n) is 4.15. The second kappa shape index (κ2) is 7.21. The molecule has 136 valence electrons. The van der Waals surface area contributed by atoms with Gasteiger partial charge in [-0.25, -0.2) is 13.2 Å². The molecule has 7 heteroatoms. The van der Waals surface area contributed by atoms with Crippen LogP contribution in [0.4, 0.5) is 13.2 Å². The number of halogens is 3. The fourth-order valence-corrected chi connectivity index (χ4v) is 2.87. The smallest absolute Gasteiger partial charge is 0.236 e. The van der Waals surface area contributed by atoms with Crippen molar-refractivity contribution in [1.29, 1.82) is 0 Å². The van der Waals surface area contributed by atoms with Gasteiger partial charge in [0.1, 0.15) is 17.5 Å². The Morgan fingerprint density at radius 2 is 1.85 bits per heavy atom. The zero-order valence-electron chi connectivity index (χ0n) is 14.1. The molecule has 1 amide bonds. The lowest BCUT2D eigenvalue weighted by Crippen LogP contribution is -2.39. The van der Waals surface area contributed by atoms with Crippen molar-refractivity contribution in [1.82, 2.24) is 10.3 Å². The molecule has 0 saturated heterocycles. The van der Waals surface area contributed by atoms with E-state index in [4.69, 9.17) is 5.73 Å². The van der Waals surface area contributed by atoms with Crippen molar-refractivity contribution in [2.24, 2.45) is 5.73 Å². The van der Waals surface area contributed by atoms with Crippen molar-refractivity contribution in [2.75, 3.05) is 6.54 Å². The van der Waals surface area contributed by atoms with E-state index in [-0.39, 0.29) is 18.0 Å². The SMILES string of the molecule is C[C@H](N)C(=O)NCCc1c(-c2ccc(F)cc2)[nH]c2c(F)cc(F)cc12. The second-order valence-electron chi connectivity index (χ2n) is 6.13. The molecule has 4 N–H and O–H groups in total. The van der Waals surface area contributed by atoms with E-state index < -0.39 is 23.5 Å². The summed E-state index contributed by atoms with van der Waals surface area (Å²) in [7, 11) is 0. The number of benzene rings is 2. The minimum atomic E-state index is -0.714. The van der Waals surface area contributed by atoms with E-state index in [9.17, 15) is 18.0 Å². The number of carbonyl (C=O) groups excluding carboxylic acids is 1. The highest BCUT2D eigenvalue weighted by Crippen LogP contribution is 2.32. The van der Waals surface area contributed by atoms with E-state index >= 15 is 0 Å². The number of amides is 1. The van der Waals surface area contributed by atoms with Gasteiger partial charge in [-0.15, -0.1) is 0 Å². The molecule has 0 radical (unpaired) electrons. The summed E-state index contributed by atoms with van der Waals surface area (Å²) in [5.74, 6) is -2.12. The lowest BCUT2D eigenvalue weighted by molar-refractivity contribution is -0.121. The summed E-state index contributed by atoms with van der Waals surface area (Å²) >= 11 is 0. The molecule has 1 aromatic heterocycles. The van der Waals surface area contributed by atoms with Gasteiger partial charge in [0.15, 0.2) is 0 Å². The Morgan fingerprint density at radius 1 is 1.15 bits per heavy atom. The third-order valence-corrected chi connectivity index (χ3v) is 4.15. The number of aromatic amines is 1. The predicted molar refractivity (Wildman–Crippen MR) is 94.0 cm³/mol. The fraction of sp³-hybridized carbons (Fsp3) is 0.211. The molecule has 0 aliphatic carbocycles. The fourth-order valence-electron chi connectivity index (χ4n) is 2.87. The van der Waals surface area contributed by atoms with Crippen LogP contribution in [0.25, 0.3) is 22.2 Å². The van der Waals surface area contributed by atoms with Crippen LogP contribution in [0.1, 0.15) is 12.5 Å². The van der Waals surface area contributed by atoms with Crippen LogP contribution in [0.3, 0.4) is 0 Å². The summed E-state index contributed by atoms with van der Waals surface area (Å²) in [5.41, 5.74) is 7.50. The molecular formula is C19H18F3N3O. The maximum Gasteiger partial charge on any atom is 0.236 e. The molecule has 4 nitrogen and oxygen atoms in total. The van der Waals surface area contributed by atoms with Crippen molar-refractivity contribution in [2.45, 2.75) is 19.4 Å². The van der Waals surface area contributed by atoms with Crippen LogP contribution in [0, 0.1) is 17.5 Å². The molecule has 0 saturated carbocycles. The number of rotatable bonds is 5. The van der Waals surface area contributed by atoms with Crippen molar-refractivity contribution >= 4 is 16.8 Å². The van der Waals surface area contributed by atoms with Crippen LogP contribution in [-0.2, 0) is 11.2 Å². The largest absolute Gasteiger partial charge is 0.354 e. The molecule has 0 fully saturated rings. The molecule has 0 aliphatic rings. The summed E-state index contributed by atoms with van der Waals surface area (Å²) < 4.78 is 41.1. The van der Waals surface area contributed by atoms with E-state index in [2.05, 4.69) is 10.3 Å². The Labute approximate surface area is 148 Å². The number of fused-ring (bicyclic) bond motifs is 1. The number of carbonyl (C=O) groups is 1. The standard InChI is InChI=1S/C19H18F3N3O/c1-10(23)19(26)24-7-6-14-15-8-13(21)9-16(22)18(15)25-17(14)11-2-4-12(20)5-3-11/h2-5,8-10,25H,6-7,23H2,1H3,(H,24,26)/t10-/m0/s1. The van der Waals surface area contributed by atoms with E-state index in [1.807, 2.05) is 0 Å². The Kier molecular flexibility index (Phi) is 4.99. The van der Waals surface area contributed by atoms with Crippen molar-refractivity contribution in [3.05, 3.63) is 59.4 Å². The summed E-state index contributed by atoms with van der Waals surface area (Å²) in [6.45, 7) is 1.81. The van der Waals surface area contributed by atoms with Gasteiger partial charge >= 0.3 is 0 Å². The molecule has 0 unspecified atom stereocenters. The van der Waals surface area contributed by atoms with Gasteiger partial charge in [0, 0.05) is 23.7 Å². The maximum atomic E-state index is 14.2. The van der Waals surface area contributed by atoms with Gasteiger partial charge < -0.3 is 16.0 Å². The lowest BCUT2D eigenvalue weighted by Gasteiger charge is -2.09. The third kappa shape index (κ3) is 3.57. The quantitative estimate of drug-likeness (QED) is 0.653. The molecule has 0 aliphatic heterocycles. The van der Waals surface area contributed by atoms with E-state index in [0.29, 0.717) is 28.6 Å².